The Bertz CT molecular complexity index is 1600. The maximum absolute atomic E-state index is 13.5. The second-order valence-corrected chi connectivity index (χ2v) is 10.6. The number of ketones is 1. The number of carbonyl (C=O) groups is 2. The zero-order valence-electron chi connectivity index (χ0n) is 22.4. The number of H-pyrrole nitrogens is 1. The van der Waals surface area contributed by atoms with Crippen LogP contribution in [-0.2, 0) is 15.0 Å². The van der Waals surface area contributed by atoms with Gasteiger partial charge in [-0.3, -0.25) is 14.5 Å². The molecule has 1 amide bonds. The molecule has 1 fully saturated rings. The molecule has 0 aliphatic carbocycles. The highest BCUT2D eigenvalue weighted by molar-refractivity contribution is 6.51. The van der Waals surface area contributed by atoms with Gasteiger partial charge in [0.1, 0.15) is 29.1 Å². The van der Waals surface area contributed by atoms with Gasteiger partial charge in [0.2, 0.25) is 5.95 Å². The monoisotopic (exact) mass is 513 g/mol. The number of anilines is 1. The lowest BCUT2D eigenvalue weighted by Gasteiger charge is -2.24. The Morgan fingerprint density at radius 3 is 2.53 bits per heavy atom. The van der Waals surface area contributed by atoms with E-state index in [9.17, 15) is 14.7 Å². The molecular formula is C30H31N3O5. The van der Waals surface area contributed by atoms with Crippen molar-refractivity contribution in [3.05, 3.63) is 82.3 Å². The number of nitrogens with one attached hydrogen (secondary N) is 1. The highest BCUT2D eigenvalue weighted by atomic mass is 16.5. The van der Waals surface area contributed by atoms with Crippen molar-refractivity contribution in [2.24, 2.45) is 0 Å². The summed E-state index contributed by atoms with van der Waals surface area (Å²) in [6.45, 7) is 12.3. The number of amides is 1. The number of ether oxygens (including phenoxy) is 1. The SMILES string of the molecule is CCOc1ccc(/C(O)=C2\C(=O)C(=O)N(c3nc4ccc(C)cc4[nH]3)C2c2ccc(C)o2)cc1C(C)(C)C. The molecule has 196 valence electrons. The molecule has 2 N–H and O–H groups in total. The summed E-state index contributed by atoms with van der Waals surface area (Å²) in [6, 6.07) is 13.4. The van der Waals surface area contributed by atoms with Crippen LogP contribution in [0.5, 0.6) is 5.75 Å². The minimum atomic E-state index is -1.00. The fourth-order valence-electron chi connectivity index (χ4n) is 4.84. The first-order valence-electron chi connectivity index (χ1n) is 12.6. The largest absolute Gasteiger partial charge is 0.507 e. The van der Waals surface area contributed by atoms with E-state index in [1.165, 1.54) is 4.90 Å². The first-order chi connectivity index (χ1) is 18.0. The van der Waals surface area contributed by atoms with E-state index in [0.29, 0.717) is 35.0 Å². The fraction of sp³-hybridized carbons (Fsp3) is 0.300. The minimum absolute atomic E-state index is 0.0648. The number of aliphatic hydroxyl groups is 1. The second-order valence-electron chi connectivity index (χ2n) is 10.6. The zero-order valence-corrected chi connectivity index (χ0v) is 22.4. The van der Waals surface area contributed by atoms with Gasteiger partial charge in [-0.25, -0.2) is 4.98 Å². The number of aromatic amines is 1. The predicted octanol–water partition coefficient (Wildman–Crippen LogP) is 6.10. The van der Waals surface area contributed by atoms with Crippen molar-refractivity contribution in [2.75, 3.05) is 11.5 Å². The van der Waals surface area contributed by atoms with Gasteiger partial charge < -0.3 is 19.2 Å². The van der Waals surface area contributed by atoms with Gasteiger partial charge >= 0.3 is 5.91 Å². The molecule has 0 radical (unpaired) electrons. The summed E-state index contributed by atoms with van der Waals surface area (Å²) in [5.74, 6) is -0.0393. The molecule has 0 bridgehead atoms. The number of benzene rings is 2. The smallest absolute Gasteiger partial charge is 0.302 e. The Balaban J connectivity index is 1.71. The van der Waals surface area contributed by atoms with E-state index >= 15 is 0 Å². The van der Waals surface area contributed by atoms with Crippen molar-refractivity contribution >= 4 is 34.4 Å². The Kier molecular flexibility index (Phi) is 6.13. The number of hydrogen-bond acceptors (Lipinski definition) is 6. The lowest BCUT2D eigenvalue weighted by Crippen LogP contribution is -2.30. The van der Waals surface area contributed by atoms with Crippen LogP contribution in [0.4, 0.5) is 5.95 Å². The van der Waals surface area contributed by atoms with Gasteiger partial charge in [-0.1, -0.05) is 26.8 Å². The highest BCUT2D eigenvalue weighted by Gasteiger charge is 2.49. The quantitative estimate of drug-likeness (QED) is 0.190. The number of nitrogens with zero attached hydrogens (tertiary/aromatic N) is 2. The third kappa shape index (κ3) is 4.26. The van der Waals surface area contributed by atoms with Crippen molar-refractivity contribution in [1.82, 2.24) is 9.97 Å². The van der Waals surface area contributed by atoms with Crippen LogP contribution in [0.1, 0.15) is 61.9 Å². The van der Waals surface area contributed by atoms with Crippen molar-refractivity contribution in [3.8, 4) is 5.75 Å². The number of carbonyl (C=O) groups excluding carboxylic acids is 2. The van der Waals surface area contributed by atoms with E-state index in [1.807, 2.05) is 58.9 Å². The lowest BCUT2D eigenvalue weighted by molar-refractivity contribution is -0.132. The summed E-state index contributed by atoms with van der Waals surface area (Å²) < 4.78 is 11.7. The van der Waals surface area contributed by atoms with Gasteiger partial charge in [-0.2, -0.15) is 0 Å². The molecule has 4 aromatic rings. The molecule has 5 rings (SSSR count). The first kappa shape index (κ1) is 25.3. The van der Waals surface area contributed by atoms with Crippen molar-refractivity contribution < 1.29 is 23.8 Å². The zero-order chi connectivity index (χ0) is 27.4. The molecule has 0 spiro atoms. The van der Waals surface area contributed by atoms with E-state index in [2.05, 4.69) is 9.97 Å². The third-order valence-electron chi connectivity index (χ3n) is 6.69. The number of rotatable bonds is 5. The van der Waals surface area contributed by atoms with Gasteiger partial charge in [0, 0.05) is 11.1 Å². The number of Topliss-reactive ketones (excluding diaryl/α,β-unsaturated/α-hetero) is 1. The van der Waals surface area contributed by atoms with E-state index in [0.717, 1.165) is 16.6 Å². The fourth-order valence-corrected chi connectivity index (χ4v) is 4.84. The molecule has 3 heterocycles. The molecule has 0 saturated carbocycles. The molecular weight excluding hydrogens is 482 g/mol. The Morgan fingerprint density at radius 1 is 1.11 bits per heavy atom. The number of hydrogen-bond donors (Lipinski definition) is 2. The Morgan fingerprint density at radius 2 is 1.87 bits per heavy atom. The van der Waals surface area contributed by atoms with Crippen molar-refractivity contribution in [1.29, 1.82) is 0 Å². The summed E-state index contributed by atoms with van der Waals surface area (Å²) >= 11 is 0. The molecule has 38 heavy (non-hydrogen) atoms. The van der Waals surface area contributed by atoms with Gasteiger partial charge in [-0.15, -0.1) is 0 Å². The van der Waals surface area contributed by atoms with Crippen LogP contribution in [0, 0.1) is 13.8 Å². The number of imidazole rings is 1. The summed E-state index contributed by atoms with van der Waals surface area (Å²) in [6.07, 6.45) is 0. The number of furan rings is 1. The van der Waals surface area contributed by atoms with Crippen molar-refractivity contribution in [3.63, 3.8) is 0 Å². The van der Waals surface area contributed by atoms with Gasteiger partial charge in [0.25, 0.3) is 5.78 Å². The Labute approximate surface area is 220 Å². The number of aliphatic hydroxyl groups excluding tert-OH is 1. The third-order valence-corrected chi connectivity index (χ3v) is 6.69. The molecule has 2 aromatic carbocycles. The van der Waals surface area contributed by atoms with Crippen LogP contribution >= 0.6 is 0 Å². The highest BCUT2D eigenvalue weighted by Crippen LogP contribution is 2.43. The topological polar surface area (TPSA) is 109 Å². The molecule has 2 aromatic heterocycles. The number of aryl methyl sites for hydroxylation is 2. The van der Waals surface area contributed by atoms with Crippen LogP contribution in [-0.4, -0.2) is 33.4 Å². The molecule has 8 nitrogen and oxygen atoms in total. The molecule has 1 aliphatic heterocycles. The number of aromatic nitrogens is 2. The van der Waals surface area contributed by atoms with Crippen LogP contribution < -0.4 is 9.64 Å². The van der Waals surface area contributed by atoms with Gasteiger partial charge in [0.05, 0.1) is 23.2 Å². The summed E-state index contributed by atoms with van der Waals surface area (Å²) in [4.78, 5) is 36.0. The molecule has 1 aliphatic rings. The number of fused-ring (bicyclic) bond motifs is 1. The summed E-state index contributed by atoms with van der Waals surface area (Å²) in [7, 11) is 0. The van der Waals surface area contributed by atoms with Gasteiger partial charge in [-0.05, 0) is 74.2 Å². The average Bonchev–Trinajstić information content (AvgIpc) is 3.54. The van der Waals surface area contributed by atoms with Crippen LogP contribution in [0.3, 0.4) is 0 Å². The average molecular weight is 514 g/mol. The van der Waals surface area contributed by atoms with Crippen LogP contribution in [0.15, 0.2) is 58.5 Å². The van der Waals surface area contributed by atoms with E-state index in [4.69, 9.17) is 9.15 Å². The van der Waals surface area contributed by atoms with E-state index in [-0.39, 0.29) is 22.7 Å². The van der Waals surface area contributed by atoms with Crippen LogP contribution in [0.25, 0.3) is 16.8 Å². The predicted molar refractivity (Wildman–Crippen MR) is 145 cm³/mol. The normalized spacial score (nSPS) is 17.5. The first-order valence-corrected chi connectivity index (χ1v) is 12.6. The Hall–Kier alpha value is -4.33. The lowest BCUT2D eigenvalue weighted by atomic mass is 9.84. The van der Waals surface area contributed by atoms with E-state index in [1.54, 1.807) is 31.2 Å². The summed E-state index contributed by atoms with van der Waals surface area (Å²) in [5, 5.41) is 11.6. The summed E-state index contributed by atoms with van der Waals surface area (Å²) in [5.41, 5.74) is 3.33. The maximum Gasteiger partial charge on any atom is 0.302 e. The minimum Gasteiger partial charge on any atom is -0.507 e. The maximum atomic E-state index is 13.5. The molecule has 1 atom stereocenters. The standard InChI is InChI=1S/C30H31N3O5/c1-7-37-22-13-10-18(15-19(22)30(4,5)6)26(34)24-25(23-12-9-17(3)38-23)33(28(36)27(24)35)29-31-20-11-8-16(2)14-21(20)32-29/h8-15,25,34H,7H2,1-6H3,(H,31,32)/b26-24+. The van der Waals surface area contributed by atoms with Gasteiger partial charge in [0.15, 0.2) is 0 Å². The van der Waals surface area contributed by atoms with E-state index < -0.39 is 17.7 Å². The molecule has 1 unspecified atom stereocenters. The molecule has 8 heteroatoms. The van der Waals surface area contributed by atoms with Crippen LogP contribution in [0.2, 0.25) is 0 Å². The van der Waals surface area contributed by atoms with Crippen molar-refractivity contribution in [2.45, 2.75) is 53.0 Å². The second kappa shape index (κ2) is 9.20. The molecule has 1 saturated heterocycles.